The smallest absolute Gasteiger partial charge is 0.253 e. The van der Waals surface area contributed by atoms with E-state index in [9.17, 15) is 4.79 Å². The normalized spacial score (nSPS) is 12.2. The first kappa shape index (κ1) is 13.6. The second-order valence-corrected chi connectivity index (χ2v) is 5.03. The Morgan fingerprint density at radius 1 is 1.47 bits per heavy atom. The maximum atomic E-state index is 12.1. The van der Waals surface area contributed by atoms with Crippen LogP contribution in [-0.2, 0) is 7.05 Å². The second-order valence-electron chi connectivity index (χ2n) is 4.63. The van der Waals surface area contributed by atoms with Gasteiger partial charge in [0.25, 0.3) is 5.91 Å². The quantitative estimate of drug-likeness (QED) is 0.938. The van der Waals surface area contributed by atoms with Gasteiger partial charge in [0.2, 0.25) is 0 Å². The molecule has 1 N–H and O–H groups in total. The lowest BCUT2D eigenvalue weighted by atomic mass is 10.1. The van der Waals surface area contributed by atoms with Crippen molar-refractivity contribution < 1.29 is 4.79 Å². The van der Waals surface area contributed by atoms with Crippen LogP contribution in [0.15, 0.2) is 30.6 Å². The molecule has 0 saturated heterocycles. The predicted molar refractivity (Wildman–Crippen MR) is 75.3 cm³/mol. The molecule has 5 heteroatoms. The maximum absolute atomic E-state index is 12.1. The van der Waals surface area contributed by atoms with Crippen molar-refractivity contribution in [3.05, 3.63) is 52.3 Å². The molecule has 1 aromatic heterocycles. The lowest BCUT2D eigenvalue weighted by Gasteiger charge is -2.13. The Balaban J connectivity index is 2.12. The van der Waals surface area contributed by atoms with Gasteiger partial charge >= 0.3 is 0 Å². The second kappa shape index (κ2) is 5.45. The van der Waals surface area contributed by atoms with E-state index in [0.29, 0.717) is 10.6 Å². The third-order valence-corrected chi connectivity index (χ3v) is 3.25. The number of aryl methyl sites for hydroxylation is 2. The first-order valence-electron chi connectivity index (χ1n) is 6.03. The molecule has 4 nitrogen and oxygen atoms in total. The largest absolute Gasteiger partial charge is 0.345 e. The fourth-order valence-electron chi connectivity index (χ4n) is 1.83. The third-order valence-electron chi connectivity index (χ3n) is 2.94. The minimum absolute atomic E-state index is 0.112. The topological polar surface area (TPSA) is 46.9 Å². The van der Waals surface area contributed by atoms with E-state index in [2.05, 4.69) is 10.4 Å². The molecule has 0 radical (unpaired) electrons. The molecule has 0 fully saturated rings. The number of nitrogens with one attached hydrogen (secondary N) is 1. The number of aromatic nitrogens is 2. The van der Waals surface area contributed by atoms with Gasteiger partial charge in [-0.05, 0) is 31.5 Å². The molecule has 2 aromatic rings. The number of halogens is 1. The molecule has 2 rings (SSSR count). The van der Waals surface area contributed by atoms with Gasteiger partial charge in [0.05, 0.1) is 22.8 Å². The van der Waals surface area contributed by atoms with Crippen LogP contribution in [0, 0.1) is 6.92 Å². The summed E-state index contributed by atoms with van der Waals surface area (Å²) in [4.78, 5) is 12.1. The van der Waals surface area contributed by atoms with E-state index < -0.39 is 0 Å². The Bertz CT molecular complexity index is 606. The van der Waals surface area contributed by atoms with Crippen molar-refractivity contribution in [1.82, 2.24) is 15.1 Å². The molecule has 0 aliphatic heterocycles. The minimum atomic E-state index is -0.179. The Hall–Kier alpha value is -1.81. The highest BCUT2D eigenvalue weighted by molar-refractivity contribution is 6.33. The SMILES string of the molecule is Cc1ccc(C(=O)N[C@@H](C)c2cnn(C)c2)c(Cl)c1. The van der Waals surface area contributed by atoms with Crippen LogP contribution in [0.25, 0.3) is 0 Å². The van der Waals surface area contributed by atoms with Gasteiger partial charge in [-0.1, -0.05) is 17.7 Å². The van der Waals surface area contributed by atoms with Gasteiger partial charge in [-0.25, -0.2) is 0 Å². The summed E-state index contributed by atoms with van der Waals surface area (Å²) in [5, 5.41) is 7.46. The van der Waals surface area contributed by atoms with Crippen molar-refractivity contribution in [2.45, 2.75) is 19.9 Å². The minimum Gasteiger partial charge on any atom is -0.345 e. The average molecular weight is 278 g/mol. The van der Waals surface area contributed by atoms with Crippen molar-refractivity contribution in [3.63, 3.8) is 0 Å². The Kier molecular flexibility index (Phi) is 3.90. The first-order chi connectivity index (χ1) is 8.97. The molecule has 1 heterocycles. The van der Waals surface area contributed by atoms with Crippen LogP contribution in [0.2, 0.25) is 5.02 Å². The Labute approximate surface area is 117 Å². The number of benzene rings is 1. The number of hydrogen-bond donors (Lipinski definition) is 1. The van der Waals surface area contributed by atoms with Crippen molar-refractivity contribution >= 4 is 17.5 Å². The van der Waals surface area contributed by atoms with Crippen LogP contribution in [0.1, 0.15) is 34.5 Å². The van der Waals surface area contributed by atoms with Gasteiger partial charge in [0.1, 0.15) is 0 Å². The highest BCUT2D eigenvalue weighted by Crippen LogP contribution is 2.19. The van der Waals surface area contributed by atoms with E-state index >= 15 is 0 Å². The monoisotopic (exact) mass is 277 g/mol. The summed E-state index contributed by atoms with van der Waals surface area (Å²) in [6.07, 6.45) is 3.61. The van der Waals surface area contributed by atoms with Gasteiger partial charge < -0.3 is 5.32 Å². The van der Waals surface area contributed by atoms with Crippen molar-refractivity contribution in [3.8, 4) is 0 Å². The number of carbonyl (C=O) groups excluding carboxylic acids is 1. The Morgan fingerprint density at radius 3 is 2.79 bits per heavy atom. The maximum Gasteiger partial charge on any atom is 0.253 e. The van der Waals surface area contributed by atoms with Gasteiger partial charge in [-0.15, -0.1) is 0 Å². The molecule has 100 valence electrons. The number of nitrogens with zero attached hydrogens (tertiary/aromatic N) is 2. The zero-order valence-electron chi connectivity index (χ0n) is 11.1. The van der Waals surface area contributed by atoms with E-state index in [1.807, 2.05) is 33.2 Å². The molecule has 0 unspecified atom stereocenters. The first-order valence-corrected chi connectivity index (χ1v) is 6.40. The van der Waals surface area contributed by atoms with E-state index in [-0.39, 0.29) is 11.9 Å². The van der Waals surface area contributed by atoms with Crippen LogP contribution in [0.5, 0.6) is 0 Å². The molecule has 0 saturated carbocycles. The van der Waals surface area contributed by atoms with Crippen LogP contribution in [0.4, 0.5) is 0 Å². The van der Waals surface area contributed by atoms with Crippen molar-refractivity contribution in [2.24, 2.45) is 7.05 Å². The molecule has 1 amide bonds. The summed E-state index contributed by atoms with van der Waals surface area (Å²) < 4.78 is 1.71. The van der Waals surface area contributed by atoms with Gasteiger partial charge in [-0.2, -0.15) is 5.10 Å². The van der Waals surface area contributed by atoms with E-state index in [4.69, 9.17) is 11.6 Å². The number of rotatable bonds is 3. The highest BCUT2D eigenvalue weighted by Gasteiger charge is 2.15. The summed E-state index contributed by atoms with van der Waals surface area (Å²) in [6, 6.07) is 5.28. The summed E-state index contributed by atoms with van der Waals surface area (Å²) in [6.45, 7) is 3.85. The number of carbonyl (C=O) groups is 1. The molecule has 0 aliphatic carbocycles. The van der Waals surface area contributed by atoms with Crippen LogP contribution in [-0.4, -0.2) is 15.7 Å². The highest BCUT2D eigenvalue weighted by atomic mass is 35.5. The van der Waals surface area contributed by atoms with E-state index in [1.165, 1.54) is 0 Å². The van der Waals surface area contributed by atoms with Gasteiger partial charge in [-0.3, -0.25) is 9.48 Å². The number of hydrogen-bond acceptors (Lipinski definition) is 2. The predicted octanol–water partition coefficient (Wildman–Crippen LogP) is 2.87. The average Bonchev–Trinajstić information content (AvgIpc) is 2.75. The lowest BCUT2D eigenvalue weighted by Crippen LogP contribution is -2.26. The summed E-state index contributed by atoms with van der Waals surface area (Å²) in [5.41, 5.74) is 2.48. The van der Waals surface area contributed by atoms with Gasteiger partial charge in [0.15, 0.2) is 0 Å². The van der Waals surface area contributed by atoms with Gasteiger partial charge in [0, 0.05) is 18.8 Å². The lowest BCUT2D eigenvalue weighted by molar-refractivity contribution is 0.0940. The molecule has 1 aromatic carbocycles. The van der Waals surface area contributed by atoms with E-state index in [0.717, 1.165) is 11.1 Å². The van der Waals surface area contributed by atoms with Crippen molar-refractivity contribution in [2.75, 3.05) is 0 Å². The van der Waals surface area contributed by atoms with Crippen LogP contribution < -0.4 is 5.32 Å². The molecule has 0 aliphatic rings. The molecule has 19 heavy (non-hydrogen) atoms. The fourth-order valence-corrected chi connectivity index (χ4v) is 2.15. The summed E-state index contributed by atoms with van der Waals surface area (Å²) in [5.74, 6) is -0.179. The zero-order chi connectivity index (χ0) is 14.0. The molecule has 0 bridgehead atoms. The van der Waals surface area contributed by atoms with Crippen LogP contribution in [0.3, 0.4) is 0 Å². The molecular formula is C14H16ClN3O. The molecule has 1 atom stereocenters. The fraction of sp³-hybridized carbons (Fsp3) is 0.286. The Morgan fingerprint density at radius 2 is 2.21 bits per heavy atom. The number of amides is 1. The zero-order valence-corrected chi connectivity index (χ0v) is 11.9. The summed E-state index contributed by atoms with van der Waals surface area (Å²) in [7, 11) is 1.84. The van der Waals surface area contributed by atoms with Crippen molar-refractivity contribution in [1.29, 1.82) is 0 Å². The van der Waals surface area contributed by atoms with Crippen LogP contribution >= 0.6 is 11.6 Å². The third kappa shape index (κ3) is 3.15. The standard InChI is InChI=1S/C14H16ClN3O/c1-9-4-5-12(13(15)6-9)14(19)17-10(2)11-7-16-18(3)8-11/h4-8,10H,1-3H3,(H,17,19)/t10-/m0/s1. The summed E-state index contributed by atoms with van der Waals surface area (Å²) >= 11 is 6.08. The molecular weight excluding hydrogens is 262 g/mol. The molecule has 0 spiro atoms. The van der Waals surface area contributed by atoms with E-state index in [1.54, 1.807) is 23.0 Å².